The molecule has 140 valence electrons. The van der Waals surface area contributed by atoms with Gasteiger partial charge in [0.1, 0.15) is 0 Å². The Morgan fingerprint density at radius 3 is 2.37 bits per heavy atom. The number of ether oxygens (including phenoxy) is 3. The number of nitrogens with zero attached hydrogens (tertiary/aromatic N) is 1. The third-order valence-electron chi connectivity index (χ3n) is 3.77. The van der Waals surface area contributed by atoms with Gasteiger partial charge in [0.2, 0.25) is 5.75 Å². The van der Waals surface area contributed by atoms with Gasteiger partial charge < -0.3 is 14.2 Å². The van der Waals surface area contributed by atoms with E-state index < -0.39 is 0 Å². The first kappa shape index (κ1) is 19.2. The topological polar surface area (TPSA) is 69.7 Å². The predicted octanol–water partition coefficient (Wildman–Crippen LogP) is 4.85. The molecule has 0 aliphatic carbocycles. The first-order chi connectivity index (χ1) is 13.0. The minimum atomic E-state index is -0.315. The van der Waals surface area contributed by atoms with Crippen LogP contribution in [-0.4, -0.2) is 32.2 Å². The number of benzene rings is 2. The maximum Gasteiger partial charge on any atom is 0.257 e. The highest BCUT2D eigenvalue weighted by Crippen LogP contribution is 2.38. The van der Waals surface area contributed by atoms with Crippen molar-refractivity contribution in [3.63, 3.8) is 0 Å². The van der Waals surface area contributed by atoms with Crippen LogP contribution in [0.15, 0.2) is 46.3 Å². The van der Waals surface area contributed by atoms with E-state index in [4.69, 9.17) is 14.2 Å². The van der Waals surface area contributed by atoms with Crippen molar-refractivity contribution < 1.29 is 19.0 Å². The molecule has 2 aromatic carbocycles. The van der Waals surface area contributed by atoms with Crippen LogP contribution < -0.4 is 19.5 Å². The van der Waals surface area contributed by atoms with Crippen LogP contribution in [0.4, 0.5) is 5.13 Å². The summed E-state index contributed by atoms with van der Waals surface area (Å²) in [4.78, 5) is 17.1. The Labute approximate surface area is 169 Å². The Kier molecular flexibility index (Phi) is 5.98. The first-order valence-electron chi connectivity index (χ1n) is 7.88. The van der Waals surface area contributed by atoms with Gasteiger partial charge in [-0.3, -0.25) is 10.1 Å². The summed E-state index contributed by atoms with van der Waals surface area (Å²) in [6.07, 6.45) is 0. The van der Waals surface area contributed by atoms with Crippen LogP contribution in [0.1, 0.15) is 10.4 Å². The summed E-state index contributed by atoms with van der Waals surface area (Å²) in [6.45, 7) is 0. The van der Waals surface area contributed by atoms with Gasteiger partial charge in [-0.25, -0.2) is 4.98 Å². The molecular formula is C19H17BrN2O4S. The molecule has 0 bridgehead atoms. The summed E-state index contributed by atoms with van der Waals surface area (Å²) in [6, 6.07) is 11.0. The number of carbonyl (C=O) groups excluding carboxylic acids is 1. The van der Waals surface area contributed by atoms with Gasteiger partial charge in [0, 0.05) is 21.0 Å². The highest BCUT2D eigenvalue weighted by molar-refractivity contribution is 9.10. The molecule has 1 aromatic heterocycles. The zero-order chi connectivity index (χ0) is 19.4. The fourth-order valence-corrected chi connectivity index (χ4v) is 3.61. The molecule has 3 aromatic rings. The lowest BCUT2D eigenvalue weighted by Gasteiger charge is -2.13. The van der Waals surface area contributed by atoms with E-state index in [0.29, 0.717) is 27.9 Å². The molecule has 0 saturated carbocycles. The van der Waals surface area contributed by atoms with E-state index in [1.807, 2.05) is 29.6 Å². The lowest BCUT2D eigenvalue weighted by Crippen LogP contribution is -2.12. The van der Waals surface area contributed by atoms with Crippen molar-refractivity contribution in [2.24, 2.45) is 0 Å². The average molecular weight is 449 g/mol. The van der Waals surface area contributed by atoms with Crippen molar-refractivity contribution in [2.75, 3.05) is 26.6 Å². The molecule has 0 fully saturated rings. The number of anilines is 1. The van der Waals surface area contributed by atoms with E-state index in [0.717, 1.165) is 15.7 Å². The monoisotopic (exact) mass is 448 g/mol. The van der Waals surface area contributed by atoms with E-state index >= 15 is 0 Å². The second-order valence-electron chi connectivity index (χ2n) is 5.42. The summed E-state index contributed by atoms with van der Waals surface area (Å²) >= 11 is 4.80. The lowest BCUT2D eigenvalue weighted by molar-refractivity contribution is 0.102. The molecule has 0 aliphatic rings. The van der Waals surface area contributed by atoms with Crippen LogP contribution in [0.2, 0.25) is 0 Å². The number of amides is 1. The third-order valence-corrected chi connectivity index (χ3v) is 5.02. The van der Waals surface area contributed by atoms with Crippen molar-refractivity contribution in [1.29, 1.82) is 0 Å². The number of nitrogens with one attached hydrogen (secondary N) is 1. The minimum Gasteiger partial charge on any atom is -0.493 e. The zero-order valence-corrected chi connectivity index (χ0v) is 17.3. The second-order valence-corrected chi connectivity index (χ2v) is 7.19. The maximum absolute atomic E-state index is 12.6. The number of hydrogen-bond acceptors (Lipinski definition) is 6. The van der Waals surface area contributed by atoms with Crippen LogP contribution in [0.5, 0.6) is 17.2 Å². The second kappa shape index (κ2) is 8.41. The van der Waals surface area contributed by atoms with Gasteiger partial charge >= 0.3 is 0 Å². The number of thiazole rings is 1. The quantitative estimate of drug-likeness (QED) is 0.583. The smallest absolute Gasteiger partial charge is 0.257 e. The molecule has 1 heterocycles. The Bertz CT molecular complexity index is 949. The molecule has 8 heteroatoms. The van der Waals surface area contributed by atoms with Gasteiger partial charge in [0.25, 0.3) is 5.91 Å². The van der Waals surface area contributed by atoms with E-state index in [9.17, 15) is 4.79 Å². The molecule has 0 atom stereocenters. The molecule has 1 amide bonds. The largest absolute Gasteiger partial charge is 0.493 e. The average Bonchev–Trinajstić information content (AvgIpc) is 3.15. The summed E-state index contributed by atoms with van der Waals surface area (Å²) in [5.74, 6) is 0.944. The van der Waals surface area contributed by atoms with Gasteiger partial charge in [-0.1, -0.05) is 28.1 Å². The van der Waals surface area contributed by atoms with Gasteiger partial charge in [-0.15, -0.1) is 11.3 Å². The van der Waals surface area contributed by atoms with Crippen LogP contribution in [-0.2, 0) is 0 Å². The molecular weight excluding hydrogens is 432 g/mol. The van der Waals surface area contributed by atoms with Gasteiger partial charge in [0.15, 0.2) is 16.6 Å². The van der Waals surface area contributed by atoms with E-state index in [-0.39, 0.29) is 5.91 Å². The maximum atomic E-state index is 12.6. The van der Waals surface area contributed by atoms with E-state index in [1.165, 1.54) is 32.7 Å². The van der Waals surface area contributed by atoms with Gasteiger partial charge in [0.05, 0.1) is 27.0 Å². The highest BCUT2D eigenvalue weighted by Gasteiger charge is 2.18. The fraction of sp³-hybridized carbons (Fsp3) is 0.158. The summed E-state index contributed by atoms with van der Waals surface area (Å²) in [5, 5.41) is 5.21. The Hall–Kier alpha value is -2.58. The van der Waals surface area contributed by atoms with E-state index in [1.54, 1.807) is 12.1 Å². The van der Waals surface area contributed by atoms with Crippen molar-refractivity contribution in [3.05, 3.63) is 51.8 Å². The van der Waals surface area contributed by atoms with Crippen LogP contribution >= 0.6 is 27.3 Å². The van der Waals surface area contributed by atoms with Crippen molar-refractivity contribution in [1.82, 2.24) is 4.98 Å². The summed E-state index contributed by atoms with van der Waals surface area (Å²) in [7, 11) is 4.52. The van der Waals surface area contributed by atoms with E-state index in [2.05, 4.69) is 26.2 Å². The lowest BCUT2D eigenvalue weighted by atomic mass is 10.1. The normalized spacial score (nSPS) is 10.4. The number of carbonyl (C=O) groups is 1. The third kappa shape index (κ3) is 4.23. The molecule has 0 unspecified atom stereocenters. The van der Waals surface area contributed by atoms with Crippen molar-refractivity contribution in [3.8, 4) is 28.5 Å². The number of hydrogen-bond donors (Lipinski definition) is 1. The van der Waals surface area contributed by atoms with Crippen molar-refractivity contribution in [2.45, 2.75) is 0 Å². The zero-order valence-electron chi connectivity index (χ0n) is 14.9. The SMILES string of the molecule is COc1cc(C(=O)Nc2nc(-c3cccc(Br)c3)cs2)cc(OC)c1OC. The van der Waals surface area contributed by atoms with Gasteiger partial charge in [-0.05, 0) is 24.3 Å². The minimum absolute atomic E-state index is 0.315. The standard InChI is InChI=1S/C19H17BrN2O4S/c1-24-15-8-12(9-16(25-2)17(15)26-3)18(23)22-19-21-14(10-27-19)11-5-4-6-13(20)7-11/h4-10H,1-3H3,(H,21,22,23). The molecule has 6 nitrogen and oxygen atoms in total. The molecule has 0 radical (unpaired) electrons. The Morgan fingerprint density at radius 2 is 1.78 bits per heavy atom. The molecule has 0 spiro atoms. The predicted molar refractivity (Wildman–Crippen MR) is 109 cm³/mol. The molecule has 1 N–H and O–H groups in total. The molecule has 27 heavy (non-hydrogen) atoms. The van der Waals surface area contributed by atoms with Crippen LogP contribution in [0.3, 0.4) is 0 Å². The fourth-order valence-electron chi connectivity index (χ4n) is 2.49. The number of rotatable bonds is 6. The number of methoxy groups -OCH3 is 3. The molecule has 0 aliphatic heterocycles. The highest BCUT2D eigenvalue weighted by atomic mass is 79.9. The molecule has 0 saturated heterocycles. The van der Waals surface area contributed by atoms with Crippen LogP contribution in [0.25, 0.3) is 11.3 Å². The molecule has 3 rings (SSSR count). The summed E-state index contributed by atoms with van der Waals surface area (Å²) in [5.41, 5.74) is 2.14. The number of aromatic nitrogens is 1. The number of halogens is 1. The van der Waals surface area contributed by atoms with Crippen molar-refractivity contribution >= 4 is 38.3 Å². The Balaban J connectivity index is 1.84. The van der Waals surface area contributed by atoms with Gasteiger partial charge in [-0.2, -0.15) is 0 Å². The van der Waals surface area contributed by atoms with Crippen LogP contribution in [0, 0.1) is 0 Å². The Morgan fingerprint density at radius 1 is 1.07 bits per heavy atom. The summed E-state index contributed by atoms with van der Waals surface area (Å²) < 4.78 is 16.8. The first-order valence-corrected chi connectivity index (χ1v) is 9.55.